The highest BCUT2D eigenvalue weighted by Crippen LogP contribution is 2.35. The third-order valence-corrected chi connectivity index (χ3v) is 4.58. The Morgan fingerprint density at radius 1 is 1.25 bits per heavy atom. The van der Waals surface area contributed by atoms with Crippen molar-refractivity contribution in [1.29, 1.82) is 5.26 Å². The van der Waals surface area contributed by atoms with Gasteiger partial charge < -0.3 is 4.74 Å². The van der Waals surface area contributed by atoms with Gasteiger partial charge in [0.2, 0.25) is 5.88 Å². The number of carbonyl (C=O) groups excluding carboxylic acids is 2. The lowest BCUT2D eigenvalue weighted by atomic mass is 9.85. The SMILES string of the molecule is CC[C@@H]1C(=O)NC(=O)N1c1ccc(Oc2ccc(C#N)cc2C(C)(C)C)nc1. The molecule has 144 valence electrons. The lowest BCUT2D eigenvalue weighted by Crippen LogP contribution is -2.34. The first-order chi connectivity index (χ1) is 13.2. The van der Waals surface area contributed by atoms with E-state index in [9.17, 15) is 9.59 Å². The number of carbonyl (C=O) groups is 2. The Bertz CT molecular complexity index is 955. The lowest BCUT2D eigenvalue weighted by Gasteiger charge is -2.23. The summed E-state index contributed by atoms with van der Waals surface area (Å²) in [6, 6.07) is 9.79. The van der Waals surface area contributed by atoms with Crippen LogP contribution in [-0.2, 0) is 10.2 Å². The van der Waals surface area contributed by atoms with Gasteiger partial charge in [-0.15, -0.1) is 0 Å². The number of ether oxygens (including phenoxy) is 1. The van der Waals surface area contributed by atoms with Gasteiger partial charge >= 0.3 is 6.03 Å². The largest absolute Gasteiger partial charge is 0.439 e. The summed E-state index contributed by atoms with van der Waals surface area (Å²) in [5.74, 6) is 0.672. The molecule has 7 heteroatoms. The summed E-state index contributed by atoms with van der Waals surface area (Å²) in [7, 11) is 0. The first-order valence-corrected chi connectivity index (χ1v) is 9.07. The van der Waals surface area contributed by atoms with Crippen molar-refractivity contribution in [2.24, 2.45) is 0 Å². The molecule has 3 amide bonds. The summed E-state index contributed by atoms with van der Waals surface area (Å²) in [5.41, 5.74) is 1.77. The molecule has 2 heterocycles. The van der Waals surface area contributed by atoms with E-state index in [1.165, 1.54) is 11.1 Å². The zero-order valence-corrected chi connectivity index (χ0v) is 16.3. The number of nitriles is 1. The number of rotatable bonds is 4. The van der Waals surface area contributed by atoms with Crippen LogP contribution >= 0.6 is 0 Å². The van der Waals surface area contributed by atoms with Crippen LogP contribution in [0.1, 0.15) is 45.2 Å². The van der Waals surface area contributed by atoms with Gasteiger partial charge in [0.25, 0.3) is 5.91 Å². The summed E-state index contributed by atoms with van der Waals surface area (Å²) < 4.78 is 5.95. The van der Waals surface area contributed by atoms with Gasteiger partial charge in [-0.2, -0.15) is 5.26 Å². The number of aromatic nitrogens is 1. The number of benzene rings is 1. The number of amides is 3. The van der Waals surface area contributed by atoms with Gasteiger partial charge in [-0.25, -0.2) is 9.78 Å². The number of nitrogens with zero attached hydrogens (tertiary/aromatic N) is 3. The highest BCUT2D eigenvalue weighted by Gasteiger charge is 2.38. The molecule has 2 aromatic rings. The van der Waals surface area contributed by atoms with E-state index >= 15 is 0 Å². The van der Waals surface area contributed by atoms with E-state index in [0.717, 1.165) is 5.56 Å². The van der Waals surface area contributed by atoms with E-state index in [-0.39, 0.29) is 11.3 Å². The van der Waals surface area contributed by atoms with Crippen molar-refractivity contribution in [1.82, 2.24) is 10.3 Å². The molecule has 1 aliphatic rings. The highest BCUT2D eigenvalue weighted by molar-refractivity contribution is 6.14. The summed E-state index contributed by atoms with van der Waals surface area (Å²) in [4.78, 5) is 29.6. The molecule has 1 fully saturated rings. The van der Waals surface area contributed by atoms with E-state index in [1.807, 2.05) is 33.8 Å². The maximum Gasteiger partial charge on any atom is 0.329 e. The minimum Gasteiger partial charge on any atom is -0.439 e. The topological polar surface area (TPSA) is 95.3 Å². The number of hydrogen-bond acceptors (Lipinski definition) is 5. The molecule has 0 bridgehead atoms. The number of pyridine rings is 1. The third-order valence-electron chi connectivity index (χ3n) is 4.58. The number of imide groups is 1. The Hall–Kier alpha value is -3.40. The van der Waals surface area contributed by atoms with Gasteiger partial charge in [-0.3, -0.25) is 15.0 Å². The molecule has 1 atom stereocenters. The van der Waals surface area contributed by atoms with E-state index in [2.05, 4.69) is 16.4 Å². The van der Waals surface area contributed by atoms with Crippen molar-refractivity contribution in [2.75, 3.05) is 4.90 Å². The first-order valence-electron chi connectivity index (χ1n) is 9.07. The minimum atomic E-state index is -0.535. The van der Waals surface area contributed by atoms with Crippen LogP contribution in [0.15, 0.2) is 36.5 Å². The molecule has 1 aromatic heterocycles. The van der Waals surface area contributed by atoms with Crippen molar-refractivity contribution in [3.8, 4) is 17.7 Å². The van der Waals surface area contributed by atoms with Crippen molar-refractivity contribution in [3.05, 3.63) is 47.7 Å². The van der Waals surface area contributed by atoms with Gasteiger partial charge in [0.15, 0.2) is 0 Å². The lowest BCUT2D eigenvalue weighted by molar-refractivity contribution is -0.119. The smallest absolute Gasteiger partial charge is 0.329 e. The standard InChI is InChI=1S/C21H22N4O3/c1-5-16-19(26)24-20(27)25(16)14-7-9-18(23-12-14)28-17-8-6-13(11-22)10-15(17)21(2,3)4/h6-10,12,16H,5H2,1-4H3,(H,24,26,27)/t16-/m1/s1. The predicted molar refractivity (Wildman–Crippen MR) is 104 cm³/mol. The molecule has 3 rings (SSSR count). The molecule has 0 aliphatic carbocycles. The molecule has 0 radical (unpaired) electrons. The van der Waals surface area contributed by atoms with Crippen LogP contribution in [0, 0.1) is 11.3 Å². The predicted octanol–water partition coefficient (Wildman–Crippen LogP) is 3.88. The van der Waals surface area contributed by atoms with Crippen LogP contribution in [0.2, 0.25) is 0 Å². The molecular formula is C21H22N4O3. The van der Waals surface area contributed by atoms with Gasteiger partial charge in [-0.05, 0) is 36.1 Å². The van der Waals surface area contributed by atoms with Crippen LogP contribution in [0.4, 0.5) is 10.5 Å². The average molecular weight is 378 g/mol. The maximum absolute atomic E-state index is 12.1. The molecule has 7 nitrogen and oxygen atoms in total. The van der Waals surface area contributed by atoms with Gasteiger partial charge in [-0.1, -0.05) is 27.7 Å². The highest BCUT2D eigenvalue weighted by atomic mass is 16.5. The van der Waals surface area contributed by atoms with Crippen molar-refractivity contribution in [3.63, 3.8) is 0 Å². The molecule has 1 aromatic carbocycles. The molecule has 1 saturated heterocycles. The Labute approximate surface area is 163 Å². The Balaban J connectivity index is 1.87. The van der Waals surface area contributed by atoms with Crippen LogP contribution in [0.5, 0.6) is 11.6 Å². The number of anilines is 1. The monoisotopic (exact) mass is 378 g/mol. The van der Waals surface area contributed by atoms with E-state index in [0.29, 0.717) is 29.3 Å². The normalized spacial score (nSPS) is 16.7. The zero-order valence-electron chi connectivity index (χ0n) is 16.3. The van der Waals surface area contributed by atoms with Gasteiger partial charge in [0, 0.05) is 11.6 Å². The quantitative estimate of drug-likeness (QED) is 0.815. The number of hydrogen-bond donors (Lipinski definition) is 1. The van der Waals surface area contributed by atoms with Gasteiger partial charge in [0.05, 0.1) is 23.5 Å². The Kier molecular flexibility index (Phi) is 5.06. The summed E-state index contributed by atoms with van der Waals surface area (Å²) in [5, 5.41) is 11.5. The van der Waals surface area contributed by atoms with E-state index in [1.54, 1.807) is 24.3 Å². The molecule has 0 spiro atoms. The van der Waals surface area contributed by atoms with Crippen molar-refractivity contribution < 1.29 is 14.3 Å². The van der Waals surface area contributed by atoms with Crippen LogP contribution < -0.4 is 15.0 Å². The second-order valence-corrected chi connectivity index (χ2v) is 7.62. The molecular weight excluding hydrogens is 356 g/mol. The van der Waals surface area contributed by atoms with Crippen LogP contribution in [-0.4, -0.2) is 23.0 Å². The Morgan fingerprint density at radius 3 is 2.57 bits per heavy atom. The third kappa shape index (κ3) is 3.67. The molecule has 0 unspecified atom stereocenters. The van der Waals surface area contributed by atoms with Crippen LogP contribution in [0.3, 0.4) is 0 Å². The van der Waals surface area contributed by atoms with E-state index in [4.69, 9.17) is 10.00 Å². The first kappa shape index (κ1) is 19.4. The molecule has 0 saturated carbocycles. The maximum atomic E-state index is 12.1. The second kappa shape index (κ2) is 7.31. The summed E-state index contributed by atoms with van der Waals surface area (Å²) in [6.07, 6.45) is 2.02. The fourth-order valence-corrected chi connectivity index (χ4v) is 3.14. The molecule has 28 heavy (non-hydrogen) atoms. The Morgan fingerprint density at radius 2 is 2.00 bits per heavy atom. The van der Waals surface area contributed by atoms with Crippen LogP contribution in [0.25, 0.3) is 0 Å². The fraction of sp³-hybridized carbons (Fsp3) is 0.333. The number of nitrogens with one attached hydrogen (secondary N) is 1. The summed E-state index contributed by atoms with van der Waals surface area (Å²) in [6.45, 7) is 7.97. The number of urea groups is 1. The van der Waals surface area contributed by atoms with Gasteiger partial charge in [0.1, 0.15) is 11.8 Å². The second-order valence-electron chi connectivity index (χ2n) is 7.62. The molecule has 1 aliphatic heterocycles. The van der Waals surface area contributed by atoms with E-state index < -0.39 is 12.1 Å². The summed E-state index contributed by atoms with van der Waals surface area (Å²) >= 11 is 0. The molecule has 1 N–H and O–H groups in total. The van der Waals surface area contributed by atoms with Crippen molar-refractivity contribution in [2.45, 2.75) is 45.6 Å². The minimum absolute atomic E-state index is 0.218. The average Bonchev–Trinajstić information content (AvgIpc) is 2.95. The van der Waals surface area contributed by atoms with Crippen molar-refractivity contribution >= 4 is 17.6 Å². The zero-order chi connectivity index (χ0) is 20.5. The fourth-order valence-electron chi connectivity index (χ4n) is 3.14.